The van der Waals surface area contributed by atoms with Gasteiger partial charge in [-0.15, -0.1) is 0 Å². The summed E-state index contributed by atoms with van der Waals surface area (Å²) in [6.45, 7) is 0. The number of benzene rings is 2. The minimum absolute atomic E-state index is 0.128. The number of hydrogen-bond acceptors (Lipinski definition) is 5. The molecule has 0 spiro atoms. The molecule has 2 aromatic rings. The van der Waals surface area contributed by atoms with E-state index in [1.807, 2.05) is 48.5 Å². The molecule has 0 unspecified atom stereocenters. The average Bonchev–Trinajstić information content (AvgIpc) is 2.67. The zero-order valence-electron chi connectivity index (χ0n) is 14.8. The maximum atomic E-state index is 12.5. The zero-order valence-corrected chi connectivity index (χ0v) is 14.8. The number of nitrogens with zero attached hydrogens (tertiary/aromatic N) is 1. The predicted molar refractivity (Wildman–Crippen MR) is 99.4 cm³/mol. The first kappa shape index (κ1) is 18.7. The number of hydrogen-bond donors (Lipinski definition) is 0. The molecular formula is C22H20NO4-. The number of carbonyl (C=O) groups excluding carboxylic acids is 3. The Labute approximate surface area is 157 Å². The fourth-order valence-electron chi connectivity index (χ4n) is 3.34. The lowest BCUT2D eigenvalue weighted by Crippen LogP contribution is -2.38. The van der Waals surface area contributed by atoms with Crippen molar-refractivity contribution in [2.24, 2.45) is 10.9 Å². The van der Waals surface area contributed by atoms with Crippen LogP contribution in [0, 0.1) is 5.92 Å². The van der Waals surface area contributed by atoms with Gasteiger partial charge in [0.15, 0.2) is 0 Å². The van der Waals surface area contributed by atoms with Crippen LogP contribution in [0.15, 0.2) is 65.7 Å². The van der Waals surface area contributed by atoms with Gasteiger partial charge in [-0.3, -0.25) is 14.6 Å². The molecule has 1 saturated carbocycles. The van der Waals surface area contributed by atoms with E-state index in [0.29, 0.717) is 0 Å². The fourth-order valence-corrected chi connectivity index (χ4v) is 3.34. The van der Waals surface area contributed by atoms with Gasteiger partial charge in [-0.1, -0.05) is 60.7 Å². The Bertz CT molecular complexity index is 827. The molecule has 0 heterocycles. The molecule has 0 saturated heterocycles. The number of aliphatic carboxylic acids is 1. The Morgan fingerprint density at radius 3 is 2.11 bits per heavy atom. The van der Waals surface area contributed by atoms with Gasteiger partial charge in [-0.05, 0) is 17.0 Å². The average molecular weight is 362 g/mol. The summed E-state index contributed by atoms with van der Waals surface area (Å²) in [7, 11) is 0. The summed E-state index contributed by atoms with van der Waals surface area (Å²) < 4.78 is 0. The lowest BCUT2D eigenvalue weighted by molar-refractivity contribution is -0.307. The molecule has 27 heavy (non-hydrogen) atoms. The van der Waals surface area contributed by atoms with E-state index in [1.165, 1.54) is 6.21 Å². The largest absolute Gasteiger partial charge is 0.548 e. The second-order valence-electron chi connectivity index (χ2n) is 6.75. The van der Waals surface area contributed by atoms with Gasteiger partial charge in [0.05, 0.1) is 12.0 Å². The molecule has 5 nitrogen and oxygen atoms in total. The van der Waals surface area contributed by atoms with E-state index in [2.05, 4.69) is 4.99 Å². The number of carbonyl (C=O) groups is 3. The lowest BCUT2D eigenvalue weighted by atomic mass is 9.77. The fraction of sp³-hybridized carbons (Fsp3) is 0.273. The van der Waals surface area contributed by atoms with E-state index < -0.39 is 17.9 Å². The van der Waals surface area contributed by atoms with Crippen LogP contribution in [0.25, 0.3) is 0 Å². The number of carboxylic acid groups (broad SMARTS) is 1. The first-order valence-corrected chi connectivity index (χ1v) is 8.93. The molecule has 0 bridgehead atoms. The summed E-state index contributed by atoms with van der Waals surface area (Å²) in [5.41, 5.74) is 1.76. The van der Waals surface area contributed by atoms with E-state index in [-0.39, 0.29) is 36.7 Å². The van der Waals surface area contributed by atoms with Crippen molar-refractivity contribution in [1.29, 1.82) is 0 Å². The van der Waals surface area contributed by atoms with Crippen molar-refractivity contribution in [3.8, 4) is 0 Å². The van der Waals surface area contributed by atoms with Gasteiger partial charge in [-0.2, -0.15) is 0 Å². The minimum Gasteiger partial charge on any atom is -0.548 e. The molecular weight excluding hydrogens is 342 g/mol. The number of ketones is 2. The first-order valence-electron chi connectivity index (χ1n) is 8.93. The Kier molecular flexibility index (Phi) is 5.91. The molecule has 1 aliphatic rings. The van der Waals surface area contributed by atoms with Crippen LogP contribution in [0.2, 0.25) is 0 Å². The van der Waals surface area contributed by atoms with E-state index in [9.17, 15) is 19.5 Å². The van der Waals surface area contributed by atoms with Crippen LogP contribution >= 0.6 is 0 Å². The third kappa shape index (κ3) is 4.76. The van der Waals surface area contributed by atoms with Gasteiger partial charge in [-0.25, -0.2) is 0 Å². The number of rotatable bonds is 6. The molecule has 138 valence electrons. The Balaban J connectivity index is 1.69. The van der Waals surface area contributed by atoms with Crippen molar-refractivity contribution in [2.45, 2.75) is 31.2 Å². The van der Waals surface area contributed by atoms with Crippen LogP contribution in [0.3, 0.4) is 0 Å². The van der Waals surface area contributed by atoms with Crippen molar-refractivity contribution in [3.05, 3.63) is 71.8 Å². The Morgan fingerprint density at radius 2 is 1.56 bits per heavy atom. The lowest BCUT2D eigenvalue weighted by Gasteiger charge is -2.25. The van der Waals surface area contributed by atoms with Crippen molar-refractivity contribution in [2.75, 3.05) is 0 Å². The monoisotopic (exact) mass is 362 g/mol. The number of aliphatic imine (C=N–C) groups is 1. The third-order valence-electron chi connectivity index (χ3n) is 4.82. The van der Waals surface area contributed by atoms with Crippen molar-refractivity contribution >= 4 is 23.8 Å². The predicted octanol–water partition coefficient (Wildman–Crippen LogP) is 1.75. The molecule has 2 aromatic carbocycles. The summed E-state index contributed by atoms with van der Waals surface area (Å²) in [4.78, 5) is 40.3. The van der Waals surface area contributed by atoms with Crippen LogP contribution in [0.4, 0.5) is 0 Å². The van der Waals surface area contributed by atoms with Gasteiger partial charge in [0.2, 0.25) is 0 Å². The van der Waals surface area contributed by atoms with Crippen molar-refractivity contribution in [3.63, 3.8) is 0 Å². The van der Waals surface area contributed by atoms with Gasteiger partial charge in [0.1, 0.15) is 17.5 Å². The highest BCUT2D eigenvalue weighted by molar-refractivity contribution is 6.16. The van der Waals surface area contributed by atoms with Gasteiger partial charge < -0.3 is 9.90 Å². The van der Waals surface area contributed by atoms with Crippen LogP contribution in [0.5, 0.6) is 0 Å². The van der Waals surface area contributed by atoms with E-state index in [0.717, 1.165) is 11.1 Å². The summed E-state index contributed by atoms with van der Waals surface area (Å²) in [5, 5.41) is 11.4. The summed E-state index contributed by atoms with van der Waals surface area (Å²) in [6, 6.07) is 17.4. The van der Waals surface area contributed by atoms with Crippen LogP contribution in [-0.4, -0.2) is 29.8 Å². The van der Waals surface area contributed by atoms with Crippen molar-refractivity contribution < 1.29 is 19.5 Å². The van der Waals surface area contributed by atoms with Crippen molar-refractivity contribution in [1.82, 2.24) is 0 Å². The van der Waals surface area contributed by atoms with Gasteiger partial charge in [0, 0.05) is 25.5 Å². The SMILES string of the molecule is O=C1CC(c2ccccc2)CC(=O)C1C=N[C@@H](Cc1ccccc1)C(=O)[O-]. The highest BCUT2D eigenvalue weighted by Crippen LogP contribution is 2.31. The second-order valence-corrected chi connectivity index (χ2v) is 6.75. The van der Waals surface area contributed by atoms with Gasteiger partial charge >= 0.3 is 0 Å². The molecule has 1 aliphatic carbocycles. The molecule has 0 aliphatic heterocycles. The highest BCUT2D eigenvalue weighted by Gasteiger charge is 2.35. The Morgan fingerprint density at radius 1 is 1.00 bits per heavy atom. The van der Waals surface area contributed by atoms with E-state index >= 15 is 0 Å². The first-order chi connectivity index (χ1) is 13.0. The highest BCUT2D eigenvalue weighted by atomic mass is 16.4. The maximum Gasteiger partial charge on any atom is 0.149 e. The van der Waals surface area contributed by atoms with Crippen LogP contribution in [0.1, 0.15) is 29.9 Å². The molecule has 1 fully saturated rings. The van der Waals surface area contributed by atoms with E-state index in [1.54, 1.807) is 12.1 Å². The third-order valence-corrected chi connectivity index (χ3v) is 4.82. The molecule has 0 radical (unpaired) electrons. The Hall–Kier alpha value is -3.08. The van der Waals surface area contributed by atoms with Crippen LogP contribution in [-0.2, 0) is 20.8 Å². The molecule has 0 N–H and O–H groups in total. The quantitative estimate of drug-likeness (QED) is 0.579. The van der Waals surface area contributed by atoms with Crippen LogP contribution < -0.4 is 5.11 Å². The normalized spacial score (nSPS) is 21.3. The molecule has 0 aromatic heterocycles. The summed E-state index contributed by atoms with van der Waals surface area (Å²) in [6.07, 6.45) is 1.86. The molecule has 5 heteroatoms. The zero-order chi connectivity index (χ0) is 19.2. The summed E-state index contributed by atoms with van der Waals surface area (Å²) in [5.74, 6) is -2.87. The molecule has 1 atom stereocenters. The summed E-state index contributed by atoms with van der Waals surface area (Å²) >= 11 is 0. The van der Waals surface area contributed by atoms with Gasteiger partial charge in [0.25, 0.3) is 0 Å². The number of carboxylic acids is 1. The molecule has 0 amide bonds. The smallest absolute Gasteiger partial charge is 0.149 e. The number of Topliss-reactive ketones (excluding diaryl/α,β-unsaturated/α-hetero) is 2. The topological polar surface area (TPSA) is 86.6 Å². The standard InChI is InChI=1S/C22H21NO4/c24-20-12-17(16-9-5-2-6-10-16)13-21(25)18(20)14-23-19(22(26)27)11-15-7-3-1-4-8-15/h1-10,14,17-19H,11-13H2,(H,26,27)/p-1/t17?,18?,19-/m0/s1. The minimum atomic E-state index is -1.33. The molecule has 3 rings (SSSR count). The van der Waals surface area contributed by atoms with E-state index in [4.69, 9.17) is 0 Å². The second kappa shape index (κ2) is 8.54. The maximum absolute atomic E-state index is 12.5.